The Hall–Kier alpha value is -0.314. The maximum absolute atomic E-state index is 12.0. The first kappa shape index (κ1) is 29.7. The van der Waals surface area contributed by atoms with E-state index in [0.29, 0.717) is 24.6 Å². The normalized spacial score (nSPS) is 11.1. The molecule has 0 fully saturated rings. The summed E-state index contributed by atoms with van der Waals surface area (Å²) in [5, 5.41) is 12.2. The first-order chi connectivity index (χ1) is 14.1. The molecule has 0 radical (unpaired) electrons. The molecule has 0 aliphatic carbocycles. The standard InChI is InChI=1S/C23H28NO2S.CH4O.K/c1-18(2)27-23(26)14-13-22(24-15-6-16-25)17-19-9-11-21(12-10-19)20-7-4-3-5-8-20;1-2;/h3-5,7-12,16,18,22H,6,13-15,17H2,1-2H3;2H,1H3;/q-1;;+1. The SMILES string of the molecule is CC(C)SC(=O)CCC(Cc1ccc(-c2ccccc2)cc1)[N-]CCC=O.CO.[K+]. The monoisotopic (exact) mass is 453 g/mol. The van der Waals surface area contributed by atoms with Crippen LogP contribution in [0.3, 0.4) is 0 Å². The number of aliphatic hydroxyl groups excluding tert-OH is 1. The fourth-order valence-corrected chi connectivity index (χ4v) is 3.67. The van der Waals surface area contributed by atoms with Crippen LogP contribution in [0.25, 0.3) is 16.4 Å². The largest absolute Gasteiger partial charge is 1.00 e. The van der Waals surface area contributed by atoms with Crippen molar-refractivity contribution in [3.63, 3.8) is 0 Å². The van der Waals surface area contributed by atoms with Gasteiger partial charge in [-0.25, -0.2) is 0 Å². The zero-order chi connectivity index (χ0) is 21.5. The maximum Gasteiger partial charge on any atom is 1.00 e. The van der Waals surface area contributed by atoms with E-state index in [4.69, 9.17) is 5.11 Å². The Morgan fingerprint density at radius 1 is 1.03 bits per heavy atom. The van der Waals surface area contributed by atoms with Crippen molar-refractivity contribution in [2.75, 3.05) is 13.7 Å². The second-order valence-electron chi connectivity index (χ2n) is 6.86. The van der Waals surface area contributed by atoms with Crippen molar-refractivity contribution in [1.29, 1.82) is 0 Å². The van der Waals surface area contributed by atoms with Crippen LogP contribution in [0.2, 0.25) is 0 Å². The summed E-state index contributed by atoms with van der Waals surface area (Å²) in [7, 11) is 1.00. The smallest absolute Gasteiger partial charge is 0.659 e. The zero-order valence-corrected chi connectivity index (χ0v) is 22.5. The van der Waals surface area contributed by atoms with Crippen molar-refractivity contribution in [1.82, 2.24) is 0 Å². The van der Waals surface area contributed by atoms with Crippen LogP contribution >= 0.6 is 11.8 Å². The van der Waals surface area contributed by atoms with Crippen LogP contribution in [0, 0.1) is 0 Å². The van der Waals surface area contributed by atoms with Crippen LogP contribution in [0.4, 0.5) is 0 Å². The Balaban J connectivity index is 0.00000272. The number of aldehydes is 1. The number of aliphatic hydroxyl groups is 1. The molecule has 0 aliphatic rings. The third-order valence-corrected chi connectivity index (χ3v) is 5.15. The molecule has 0 aliphatic heterocycles. The topological polar surface area (TPSA) is 68.5 Å². The van der Waals surface area contributed by atoms with Gasteiger partial charge in [0.25, 0.3) is 0 Å². The number of benzene rings is 2. The Morgan fingerprint density at radius 2 is 1.63 bits per heavy atom. The van der Waals surface area contributed by atoms with Crippen molar-refractivity contribution in [3.8, 4) is 11.1 Å². The molecule has 0 saturated heterocycles. The van der Waals surface area contributed by atoms with Crippen molar-refractivity contribution < 1.29 is 66.1 Å². The molecular formula is C24H32KNO3S. The summed E-state index contributed by atoms with van der Waals surface area (Å²) in [4.78, 5) is 22.6. The minimum absolute atomic E-state index is 0. The minimum Gasteiger partial charge on any atom is -0.659 e. The Morgan fingerprint density at radius 3 is 2.20 bits per heavy atom. The van der Waals surface area contributed by atoms with E-state index in [1.54, 1.807) is 0 Å². The third kappa shape index (κ3) is 12.5. The van der Waals surface area contributed by atoms with Gasteiger partial charge in [0, 0.05) is 18.8 Å². The van der Waals surface area contributed by atoms with E-state index in [2.05, 4.69) is 41.7 Å². The molecule has 4 nitrogen and oxygen atoms in total. The number of hydrogen-bond donors (Lipinski definition) is 1. The maximum atomic E-state index is 12.0. The van der Waals surface area contributed by atoms with Crippen molar-refractivity contribution in [2.24, 2.45) is 0 Å². The number of thioether (sulfide) groups is 1. The number of carbonyl (C=O) groups is 2. The zero-order valence-electron chi connectivity index (χ0n) is 18.6. The average Bonchev–Trinajstić information content (AvgIpc) is 2.74. The van der Waals surface area contributed by atoms with Crippen LogP contribution in [-0.4, -0.2) is 41.5 Å². The number of rotatable bonds is 11. The Bertz CT molecular complexity index is 708. The molecule has 30 heavy (non-hydrogen) atoms. The molecule has 0 bridgehead atoms. The molecule has 2 aromatic rings. The van der Waals surface area contributed by atoms with E-state index in [1.165, 1.54) is 28.5 Å². The van der Waals surface area contributed by atoms with Gasteiger partial charge in [0.2, 0.25) is 0 Å². The van der Waals surface area contributed by atoms with Gasteiger partial charge in [0.15, 0.2) is 5.12 Å². The summed E-state index contributed by atoms with van der Waals surface area (Å²) >= 11 is 1.39. The van der Waals surface area contributed by atoms with Crippen LogP contribution in [0.15, 0.2) is 54.6 Å². The van der Waals surface area contributed by atoms with E-state index < -0.39 is 0 Å². The van der Waals surface area contributed by atoms with Gasteiger partial charge in [-0.1, -0.05) is 86.6 Å². The van der Waals surface area contributed by atoms with E-state index in [0.717, 1.165) is 26.2 Å². The van der Waals surface area contributed by atoms with Gasteiger partial charge >= 0.3 is 51.4 Å². The summed E-state index contributed by atoms with van der Waals surface area (Å²) in [6, 6.07) is 18.9. The molecule has 0 heterocycles. The van der Waals surface area contributed by atoms with E-state index >= 15 is 0 Å². The van der Waals surface area contributed by atoms with Gasteiger partial charge in [0.1, 0.15) is 6.29 Å². The molecule has 2 rings (SSSR count). The summed E-state index contributed by atoms with van der Waals surface area (Å²) < 4.78 is 0. The molecule has 6 heteroatoms. The predicted molar refractivity (Wildman–Crippen MR) is 123 cm³/mol. The first-order valence-electron chi connectivity index (χ1n) is 9.97. The molecule has 0 amide bonds. The minimum atomic E-state index is 0. The second-order valence-corrected chi connectivity index (χ2v) is 8.49. The molecular weight excluding hydrogens is 421 g/mol. The summed E-state index contributed by atoms with van der Waals surface area (Å²) in [5.74, 6) is 0. The van der Waals surface area contributed by atoms with Crippen LogP contribution < -0.4 is 51.4 Å². The van der Waals surface area contributed by atoms with Crippen molar-refractivity contribution in [2.45, 2.75) is 50.8 Å². The fourth-order valence-electron chi connectivity index (χ4n) is 2.91. The molecule has 0 spiro atoms. The van der Waals surface area contributed by atoms with Gasteiger partial charge in [-0.15, -0.1) is 12.6 Å². The molecule has 2 aromatic carbocycles. The van der Waals surface area contributed by atoms with Crippen molar-refractivity contribution in [3.05, 3.63) is 65.5 Å². The Labute approximate surface area is 228 Å². The number of nitrogens with zero attached hydrogens (tertiary/aromatic N) is 1. The van der Waals surface area contributed by atoms with E-state index in [-0.39, 0.29) is 62.5 Å². The summed E-state index contributed by atoms with van der Waals surface area (Å²) in [6.45, 7) is 4.59. The van der Waals surface area contributed by atoms with Gasteiger partial charge in [-0.2, -0.15) is 0 Å². The third-order valence-electron chi connectivity index (χ3n) is 4.22. The number of hydrogen-bond acceptors (Lipinski definition) is 4. The van der Waals surface area contributed by atoms with Crippen LogP contribution in [0.1, 0.15) is 38.7 Å². The van der Waals surface area contributed by atoms with Crippen LogP contribution in [-0.2, 0) is 16.0 Å². The van der Waals surface area contributed by atoms with Gasteiger partial charge in [-0.05, 0) is 29.5 Å². The van der Waals surface area contributed by atoms with Gasteiger partial charge in [-0.3, -0.25) is 4.79 Å². The first-order valence-corrected chi connectivity index (χ1v) is 10.8. The van der Waals surface area contributed by atoms with Crippen LogP contribution in [0.5, 0.6) is 0 Å². The van der Waals surface area contributed by atoms with E-state index in [1.807, 2.05) is 32.0 Å². The average molecular weight is 454 g/mol. The van der Waals surface area contributed by atoms with Gasteiger partial charge in [0.05, 0.1) is 0 Å². The molecule has 0 aromatic heterocycles. The molecule has 1 unspecified atom stereocenters. The van der Waals surface area contributed by atoms with Gasteiger partial charge < -0.3 is 15.2 Å². The molecule has 1 atom stereocenters. The predicted octanol–water partition coefficient (Wildman–Crippen LogP) is 2.29. The second kappa shape index (κ2) is 18.3. The molecule has 158 valence electrons. The molecule has 1 N–H and O–H groups in total. The van der Waals surface area contributed by atoms with E-state index in [9.17, 15) is 9.59 Å². The summed E-state index contributed by atoms with van der Waals surface area (Å²) in [6.07, 6.45) is 3.40. The molecule has 0 saturated carbocycles. The number of carbonyl (C=O) groups excluding carboxylic acids is 2. The fraction of sp³-hybridized carbons (Fsp3) is 0.417. The van der Waals surface area contributed by atoms with Crippen molar-refractivity contribution >= 4 is 23.2 Å². The summed E-state index contributed by atoms with van der Waals surface area (Å²) in [5.41, 5.74) is 3.60. The Kier molecular flexibility index (Phi) is 18.1. The quantitative estimate of drug-likeness (QED) is 0.322.